The molecule has 1 aromatic carbocycles. The first kappa shape index (κ1) is 13.7. The van der Waals surface area contributed by atoms with Crippen molar-refractivity contribution >= 4 is 27.5 Å². The van der Waals surface area contributed by atoms with Crippen LogP contribution in [-0.4, -0.2) is 12.4 Å². The Kier molecular flexibility index (Phi) is 6.06. The Morgan fingerprint density at radius 3 is 2.56 bits per heavy atom. The van der Waals surface area contributed by atoms with E-state index < -0.39 is 0 Å². The van der Waals surface area contributed by atoms with Crippen molar-refractivity contribution in [2.75, 3.05) is 11.9 Å². The smallest absolute Gasteiger partial charge is 0.101 e. The highest BCUT2D eigenvalue weighted by atomic mass is 79.9. The van der Waals surface area contributed by atoms with Gasteiger partial charge in [0, 0.05) is 23.1 Å². The summed E-state index contributed by atoms with van der Waals surface area (Å²) in [6.45, 7) is 0.971. The third-order valence-electron chi connectivity index (χ3n) is 2.51. The number of aliphatic imine (C=N–C) groups is 1. The summed E-state index contributed by atoms with van der Waals surface area (Å²) >= 11 is 3.43. The van der Waals surface area contributed by atoms with Gasteiger partial charge in [-0.05, 0) is 37.1 Å². The van der Waals surface area contributed by atoms with Crippen molar-refractivity contribution in [2.24, 2.45) is 4.99 Å². The summed E-state index contributed by atoms with van der Waals surface area (Å²) in [7, 11) is 0. The number of halogens is 2. The molecule has 0 amide bonds. The van der Waals surface area contributed by atoms with Crippen LogP contribution in [0.2, 0.25) is 0 Å². The van der Waals surface area contributed by atoms with Gasteiger partial charge in [0.15, 0.2) is 0 Å². The monoisotopic (exact) mass is 345 g/mol. The zero-order valence-electron chi connectivity index (χ0n) is 9.05. The summed E-state index contributed by atoms with van der Waals surface area (Å²) in [5, 5.41) is 3.38. The Bertz CT molecular complexity index is 347. The molecule has 0 fully saturated rings. The lowest BCUT2D eigenvalue weighted by atomic mass is 10.2. The number of nitrogens with one attached hydrogen (secondary N) is 1. The SMILES string of the molecule is Brc1ccc(NC2=NCCCCC2)cc1.[Br-]. The Hall–Kier alpha value is -0.350. The van der Waals surface area contributed by atoms with Gasteiger partial charge in [0.1, 0.15) is 5.84 Å². The van der Waals surface area contributed by atoms with Crippen LogP contribution in [0.4, 0.5) is 5.69 Å². The van der Waals surface area contributed by atoms with Gasteiger partial charge >= 0.3 is 0 Å². The highest BCUT2D eigenvalue weighted by Crippen LogP contribution is 2.16. The van der Waals surface area contributed by atoms with Crippen molar-refractivity contribution in [2.45, 2.75) is 25.7 Å². The molecule has 1 aromatic rings. The molecule has 1 aliphatic rings. The summed E-state index contributed by atoms with van der Waals surface area (Å²) in [4.78, 5) is 4.53. The molecular formula is C12H15Br2N2-. The summed E-state index contributed by atoms with van der Waals surface area (Å²) < 4.78 is 1.11. The predicted octanol–water partition coefficient (Wildman–Crippen LogP) is 0.837. The fourth-order valence-corrected chi connectivity index (χ4v) is 1.94. The predicted molar refractivity (Wildman–Crippen MR) is 68.5 cm³/mol. The minimum absolute atomic E-state index is 0. The van der Waals surface area contributed by atoms with Gasteiger partial charge in [0.2, 0.25) is 0 Å². The van der Waals surface area contributed by atoms with Crippen LogP contribution >= 0.6 is 15.9 Å². The third-order valence-corrected chi connectivity index (χ3v) is 3.04. The number of anilines is 1. The van der Waals surface area contributed by atoms with E-state index in [2.05, 4.69) is 38.4 Å². The molecule has 1 N–H and O–H groups in total. The lowest BCUT2D eigenvalue weighted by Gasteiger charge is -2.07. The molecule has 0 saturated carbocycles. The maximum atomic E-state index is 4.53. The van der Waals surface area contributed by atoms with E-state index >= 15 is 0 Å². The van der Waals surface area contributed by atoms with Gasteiger partial charge in [0.25, 0.3) is 0 Å². The van der Waals surface area contributed by atoms with E-state index in [0.29, 0.717) is 0 Å². The number of hydrogen-bond acceptors (Lipinski definition) is 2. The molecular weight excluding hydrogens is 332 g/mol. The first-order valence-electron chi connectivity index (χ1n) is 5.40. The summed E-state index contributed by atoms with van der Waals surface area (Å²) in [5.41, 5.74) is 1.12. The number of nitrogens with zero attached hydrogens (tertiary/aromatic N) is 1. The molecule has 0 aromatic heterocycles. The normalized spacial score (nSPS) is 15.7. The number of rotatable bonds is 1. The van der Waals surface area contributed by atoms with E-state index in [1.165, 1.54) is 19.3 Å². The van der Waals surface area contributed by atoms with Crippen LogP contribution in [0.3, 0.4) is 0 Å². The maximum absolute atomic E-state index is 4.53. The summed E-state index contributed by atoms with van der Waals surface area (Å²) in [5.74, 6) is 1.13. The standard InChI is InChI=1S/C12H15BrN2.BrH/c13-10-5-7-11(8-6-10)15-12-4-2-1-3-9-14-12;/h5-8H,1-4,9H2,(H,14,15);1H/p-1. The Morgan fingerprint density at radius 1 is 1.06 bits per heavy atom. The van der Waals surface area contributed by atoms with Crippen molar-refractivity contribution in [3.8, 4) is 0 Å². The first-order valence-corrected chi connectivity index (χ1v) is 6.20. The van der Waals surface area contributed by atoms with E-state index in [1.54, 1.807) is 0 Å². The second kappa shape index (κ2) is 7.07. The van der Waals surface area contributed by atoms with E-state index in [0.717, 1.165) is 29.0 Å². The third kappa shape index (κ3) is 4.26. The van der Waals surface area contributed by atoms with Crippen molar-refractivity contribution in [1.82, 2.24) is 0 Å². The van der Waals surface area contributed by atoms with E-state index in [1.807, 2.05) is 12.1 Å². The number of amidine groups is 1. The average molecular weight is 347 g/mol. The van der Waals surface area contributed by atoms with Gasteiger partial charge in [-0.2, -0.15) is 0 Å². The molecule has 0 bridgehead atoms. The lowest BCUT2D eigenvalue weighted by molar-refractivity contribution is -0.00000300. The Morgan fingerprint density at radius 2 is 1.81 bits per heavy atom. The van der Waals surface area contributed by atoms with Crippen LogP contribution in [0.1, 0.15) is 25.7 Å². The van der Waals surface area contributed by atoms with Crippen LogP contribution in [0.5, 0.6) is 0 Å². The van der Waals surface area contributed by atoms with Gasteiger partial charge in [-0.15, -0.1) is 0 Å². The molecule has 1 aliphatic heterocycles. The summed E-state index contributed by atoms with van der Waals surface area (Å²) in [6.07, 6.45) is 4.86. The van der Waals surface area contributed by atoms with Gasteiger partial charge in [-0.1, -0.05) is 22.4 Å². The van der Waals surface area contributed by atoms with Gasteiger partial charge in [-0.3, -0.25) is 4.99 Å². The van der Waals surface area contributed by atoms with Gasteiger partial charge < -0.3 is 22.3 Å². The first-order chi connectivity index (χ1) is 7.34. The zero-order chi connectivity index (χ0) is 10.5. The van der Waals surface area contributed by atoms with Crippen LogP contribution in [-0.2, 0) is 0 Å². The molecule has 2 rings (SSSR count). The van der Waals surface area contributed by atoms with Crippen molar-refractivity contribution < 1.29 is 17.0 Å². The minimum Gasteiger partial charge on any atom is -1.00 e. The minimum atomic E-state index is 0. The average Bonchev–Trinajstić information content (AvgIpc) is 2.50. The van der Waals surface area contributed by atoms with E-state index in [4.69, 9.17) is 0 Å². The molecule has 4 heteroatoms. The largest absolute Gasteiger partial charge is 1.00 e. The second-order valence-electron chi connectivity index (χ2n) is 3.77. The van der Waals surface area contributed by atoms with Crippen molar-refractivity contribution in [3.63, 3.8) is 0 Å². The molecule has 88 valence electrons. The molecule has 16 heavy (non-hydrogen) atoms. The molecule has 0 unspecified atom stereocenters. The number of hydrogen-bond donors (Lipinski definition) is 1. The molecule has 1 heterocycles. The molecule has 0 radical (unpaired) electrons. The zero-order valence-corrected chi connectivity index (χ0v) is 12.2. The fraction of sp³-hybridized carbons (Fsp3) is 0.417. The summed E-state index contributed by atoms with van der Waals surface area (Å²) in [6, 6.07) is 8.22. The van der Waals surface area contributed by atoms with Crippen molar-refractivity contribution in [1.29, 1.82) is 0 Å². The van der Waals surface area contributed by atoms with Crippen molar-refractivity contribution in [3.05, 3.63) is 28.7 Å². The highest BCUT2D eigenvalue weighted by molar-refractivity contribution is 9.10. The highest BCUT2D eigenvalue weighted by Gasteiger charge is 2.03. The van der Waals surface area contributed by atoms with Crippen LogP contribution < -0.4 is 22.3 Å². The quantitative estimate of drug-likeness (QED) is 0.800. The van der Waals surface area contributed by atoms with Crippen LogP contribution in [0, 0.1) is 0 Å². The van der Waals surface area contributed by atoms with Gasteiger partial charge in [0.05, 0.1) is 0 Å². The van der Waals surface area contributed by atoms with Crippen LogP contribution in [0.15, 0.2) is 33.7 Å². The van der Waals surface area contributed by atoms with E-state index in [-0.39, 0.29) is 17.0 Å². The Labute approximate surface area is 115 Å². The fourth-order valence-electron chi connectivity index (χ4n) is 1.68. The Balaban J connectivity index is 0.00000128. The second-order valence-corrected chi connectivity index (χ2v) is 4.69. The maximum Gasteiger partial charge on any atom is 0.101 e. The topological polar surface area (TPSA) is 24.4 Å². The molecule has 0 spiro atoms. The molecule has 0 saturated heterocycles. The van der Waals surface area contributed by atoms with Gasteiger partial charge in [-0.25, -0.2) is 0 Å². The molecule has 2 nitrogen and oxygen atoms in total. The lowest BCUT2D eigenvalue weighted by Crippen LogP contribution is -3.00. The molecule has 0 aliphatic carbocycles. The van der Waals surface area contributed by atoms with E-state index in [9.17, 15) is 0 Å². The molecule has 0 atom stereocenters. The number of benzene rings is 1. The van der Waals surface area contributed by atoms with Crippen LogP contribution in [0.25, 0.3) is 0 Å².